The van der Waals surface area contributed by atoms with Crippen LogP contribution in [0.5, 0.6) is 0 Å². The minimum atomic E-state index is -1.56. The lowest BCUT2D eigenvalue weighted by molar-refractivity contribution is -0.384. The van der Waals surface area contributed by atoms with E-state index in [1.807, 2.05) is 0 Å². The molecule has 8 heteroatoms. The molecule has 1 aliphatic carbocycles. The molecule has 0 radical (unpaired) electrons. The number of hydrogen-bond donors (Lipinski definition) is 3. The van der Waals surface area contributed by atoms with E-state index in [9.17, 15) is 29.9 Å². The molecule has 0 spiro atoms. The van der Waals surface area contributed by atoms with E-state index in [0.29, 0.717) is 11.3 Å². The molecule has 0 amide bonds. The molecule has 2 unspecified atom stereocenters. The number of nitro groups is 1. The van der Waals surface area contributed by atoms with Gasteiger partial charge in [-0.3, -0.25) is 10.1 Å². The number of allylic oxidation sites excluding steroid dienone is 1. The Hall–Kier alpha value is -3.16. The maximum Gasteiger partial charge on any atom is 0.334 e. The number of carboxylic acid groups (broad SMARTS) is 2. The quantitative estimate of drug-likeness (QED) is 0.543. The molecule has 0 saturated heterocycles. The summed E-state index contributed by atoms with van der Waals surface area (Å²) in [6.45, 7) is 4.84. The van der Waals surface area contributed by atoms with Crippen LogP contribution in [0, 0.1) is 16.0 Å². The van der Waals surface area contributed by atoms with Crippen molar-refractivity contribution >= 4 is 17.6 Å². The predicted molar refractivity (Wildman–Crippen MR) is 93.7 cm³/mol. The van der Waals surface area contributed by atoms with Crippen LogP contribution < -0.4 is 5.32 Å². The highest BCUT2D eigenvalue weighted by atomic mass is 16.6. The molecule has 0 fully saturated rings. The standard InChI is InChI=1S/C18H20N2O6/c1-9-10(2)15(19-4)14(17(23)24)18(3,13(9)16(21)22)11-6-5-7-12(8-11)20(25)26/h5-8,10,19H,1-4H3,(H,21,22)(H,23,24). The summed E-state index contributed by atoms with van der Waals surface area (Å²) in [7, 11) is 1.57. The number of hydrogen-bond acceptors (Lipinski definition) is 5. The molecule has 0 saturated carbocycles. The Bertz CT molecular complexity index is 870. The highest BCUT2D eigenvalue weighted by Gasteiger charge is 2.49. The molecule has 0 bridgehead atoms. The summed E-state index contributed by atoms with van der Waals surface area (Å²) < 4.78 is 0. The first-order valence-corrected chi connectivity index (χ1v) is 7.92. The number of non-ortho nitro benzene ring substituents is 1. The summed E-state index contributed by atoms with van der Waals surface area (Å²) in [6.07, 6.45) is 0. The number of aliphatic carboxylic acids is 2. The fourth-order valence-electron chi connectivity index (χ4n) is 3.71. The molecule has 2 atom stereocenters. The Kier molecular flexibility index (Phi) is 4.88. The third-order valence-corrected chi connectivity index (χ3v) is 5.08. The second kappa shape index (κ2) is 6.62. The van der Waals surface area contributed by atoms with Crippen molar-refractivity contribution < 1.29 is 24.7 Å². The second-order valence-corrected chi connectivity index (χ2v) is 6.36. The Morgan fingerprint density at radius 1 is 1.23 bits per heavy atom. The first-order valence-electron chi connectivity index (χ1n) is 7.92. The van der Waals surface area contributed by atoms with Gasteiger partial charge in [0, 0.05) is 30.8 Å². The monoisotopic (exact) mass is 360 g/mol. The fraction of sp³-hybridized carbons (Fsp3) is 0.333. The van der Waals surface area contributed by atoms with E-state index in [-0.39, 0.29) is 22.4 Å². The van der Waals surface area contributed by atoms with Crippen LogP contribution >= 0.6 is 0 Å². The Morgan fingerprint density at radius 3 is 2.27 bits per heavy atom. The molecular formula is C18H20N2O6. The molecule has 2 rings (SSSR count). The number of benzene rings is 1. The molecule has 0 heterocycles. The van der Waals surface area contributed by atoms with Crippen molar-refractivity contribution in [3.05, 3.63) is 62.4 Å². The number of carboxylic acids is 2. The van der Waals surface area contributed by atoms with Gasteiger partial charge in [0.25, 0.3) is 5.69 Å². The smallest absolute Gasteiger partial charge is 0.334 e. The van der Waals surface area contributed by atoms with E-state index in [1.165, 1.54) is 31.2 Å². The normalized spacial score (nSPS) is 23.0. The maximum atomic E-state index is 12.1. The molecule has 1 aliphatic rings. The van der Waals surface area contributed by atoms with Gasteiger partial charge < -0.3 is 15.5 Å². The van der Waals surface area contributed by atoms with Gasteiger partial charge in [0.1, 0.15) is 0 Å². The van der Waals surface area contributed by atoms with Crippen LogP contribution in [0.2, 0.25) is 0 Å². The molecule has 0 aromatic heterocycles. The summed E-state index contributed by atoms with van der Waals surface area (Å²) in [4.78, 5) is 34.7. The van der Waals surface area contributed by atoms with Gasteiger partial charge >= 0.3 is 11.9 Å². The van der Waals surface area contributed by atoms with Gasteiger partial charge in [-0.1, -0.05) is 24.6 Å². The van der Waals surface area contributed by atoms with Gasteiger partial charge in [-0.25, -0.2) is 9.59 Å². The van der Waals surface area contributed by atoms with Crippen LogP contribution in [0.3, 0.4) is 0 Å². The third kappa shape index (κ3) is 2.73. The highest BCUT2D eigenvalue weighted by molar-refractivity contribution is 6.01. The van der Waals surface area contributed by atoms with Gasteiger partial charge in [0.15, 0.2) is 0 Å². The van der Waals surface area contributed by atoms with Crippen molar-refractivity contribution in [2.75, 3.05) is 7.05 Å². The summed E-state index contributed by atoms with van der Waals surface area (Å²) in [5.74, 6) is -2.97. The van der Waals surface area contributed by atoms with E-state index in [0.717, 1.165) is 0 Å². The SMILES string of the molecule is CNC1=C(C(=O)O)C(C)(c2cccc([N+](=O)[O-])c2)C(C(=O)O)=C(C)C1C. The van der Waals surface area contributed by atoms with E-state index in [4.69, 9.17) is 0 Å². The molecule has 1 aromatic carbocycles. The van der Waals surface area contributed by atoms with Gasteiger partial charge in [0.05, 0.1) is 21.5 Å². The molecular weight excluding hydrogens is 340 g/mol. The zero-order valence-electron chi connectivity index (χ0n) is 14.9. The van der Waals surface area contributed by atoms with Crippen LogP contribution in [0.25, 0.3) is 0 Å². The van der Waals surface area contributed by atoms with Crippen LogP contribution in [-0.4, -0.2) is 34.1 Å². The van der Waals surface area contributed by atoms with Gasteiger partial charge in [-0.2, -0.15) is 0 Å². The molecule has 8 nitrogen and oxygen atoms in total. The highest BCUT2D eigenvalue weighted by Crippen LogP contribution is 2.48. The van der Waals surface area contributed by atoms with Crippen molar-refractivity contribution in [2.24, 2.45) is 5.92 Å². The minimum absolute atomic E-state index is 0.0816. The largest absolute Gasteiger partial charge is 0.478 e. The number of rotatable bonds is 5. The molecule has 0 aliphatic heterocycles. The van der Waals surface area contributed by atoms with E-state index in [2.05, 4.69) is 5.32 Å². The van der Waals surface area contributed by atoms with Crippen LogP contribution in [0.1, 0.15) is 26.3 Å². The minimum Gasteiger partial charge on any atom is -0.478 e. The van der Waals surface area contributed by atoms with E-state index in [1.54, 1.807) is 20.9 Å². The summed E-state index contributed by atoms with van der Waals surface area (Å²) in [6, 6.07) is 5.43. The predicted octanol–water partition coefficient (Wildman–Crippen LogP) is 2.46. The fourth-order valence-corrected chi connectivity index (χ4v) is 3.71. The van der Waals surface area contributed by atoms with Gasteiger partial charge in [-0.05, 0) is 19.4 Å². The lowest BCUT2D eigenvalue weighted by Gasteiger charge is -2.40. The average molecular weight is 360 g/mol. The molecule has 138 valence electrons. The Labute approximate surface area is 150 Å². The van der Waals surface area contributed by atoms with E-state index >= 15 is 0 Å². The lowest BCUT2D eigenvalue weighted by Crippen LogP contribution is -2.43. The Balaban J connectivity index is 2.95. The zero-order chi connectivity index (χ0) is 19.8. The third-order valence-electron chi connectivity index (χ3n) is 5.08. The number of nitrogens with one attached hydrogen (secondary N) is 1. The molecule has 26 heavy (non-hydrogen) atoms. The van der Waals surface area contributed by atoms with Crippen molar-refractivity contribution in [3.63, 3.8) is 0 Å². The molecule has 3 N–H and O–H groups in total. The van der Waals surface area contributed by atoms with Gasteiger partial charge in [0.2, 0.25) is 0 Å². The van der Waals surface area contributed by atoms with Gasteiger partial charge in [-0.15, -0.1) is 0 Å². The average Bonchev–Trinajstić information content (AvgIpc) is 2.57. The number of nitro benzene ring substituents is 1. The van der Waals surface area contributed by atoms with Crippen molar-refractivity contribution in [3.8, 4) is 0 Å². The first kappa shape index (κ1) is 19.2. The molecule has 1 aromatic rings. The van der Waals surface area contributed by atoms with E-state index < -0.39 is 28.2 Å². The number of nitrogens with zero attached hydrogens (tertiary/aromatic N) is 1. The van der Waals surface area contributed by atoms with Crippen LogP contribution in [0.15, 0.2) is 46.7 Å². The van der Waals surface area contributed by atoms with Crippen molar-refractivity contribution in [1.29, 1.82) is 0 Å². The Morgan fingerprint density at radius 2 is 1.81 bits per heavy atom. The van der Waals surface area contributed by atoms with Crippen LogP contribution in [-0.2, 0) is 15.0 Å². The van der Waals surface area contributed by atoms with Crippen LogP contribution in [0.4, 0.5) is 5.69 Å². The summed E-state index contributed by atoms with van der Waals surface area (Å²) in [5.41, 5.74) is -0.882. The number of carbonyl (C=O) groups is 2. The van der Waals surface area contributed by atoms with Crippen molar-refractivity contribution in [1.82, 2.24) is 5.32 Å². The summed E-state index contributed by atoms with van der Waals surface area (Å²) in [5, 5.41) is 33.7. The first-order chi connectivity index (χ1) is 12.1. The lowest BCUT2D eigenvalue weighted by atomic mass is 9.62. The second-order valence-electron chi connectivity index (χ2n) is 6.36. The topological polar surface area (TPSA) is 130 Å². The zero-order valence-corrected chi connectivity index (χ0v) is 14.9. The summed E-state index contributed by atoms with van der Waals surface area (Å²) >= 11 is 0. The maximum absolute atomic E-state index is 12.1. The van der Waals surface area contributed by atoms with Crippen molar-refractivity contribution in [2.45, 2.75) is 26.2 Å².